The van der Waals surface area contributed by atoms with Gasteiger partial charge in [0.1, 0.15) is 11.9 Å². The molecule has 0 bridgehead atoms. The first-order valence-electron chi connectivity index (χ1n) is 12.3. The normalized spacial score (nSPS) is 11.6. The highest BCUT2D eigenvalue weighted by atomic mass is 16.5. The van der Waals surface area contributed by atoms with E-state index in [1.54, 1.807) is 38.1 Å². The molecule has 0 aliphatic rings. The molecular weight excluding hydrogens is 490 g/mol. The number of fused-ring (bicyclic) bond motifs is 1. The third-order valence-corrected chi connectivity index (χ3v) is 5.91. The van der Waals surface area contributed by atoms with Crippen LogP contribution >= 0.6 is 0 Å². The van der Waals surface area contributed by atoms with Crippen molar-refractivity contribution in [1.29, 1.82) is 0 Å². The van der Waals surface area contributed by atoms with Crippen molar-refractivity contribution in [2.45, 2.75) is 53.1 Å². The van der Waals surface area contributed by atoms with Crippen LogP contribution in [0.5, 0.6) is 0 Å². The number of rotatable bonds is 11. The van der Waals surface area contributed by atoms with Gasteiger partial charge in [-0.15, -0.1) is 0 Å². The lowest BCUT2D eigenvalue weighted by Gasteiger charge is -2.17. The number of anilines is 3. The van der Waals surface area contributed by atoms with Crippen molar-refractivity contribution >= 4 is 46.3 Å². The molecule has 6 N–H and O–H groups in total. The Hall–Kier alpha value is -4.48. The molecule has 3 rings (SSSR count). The van der Waals surface area contributed by atoms with Gasteiger partial charge in [0.2, 0.25) is 5.95 Å². The second-order valence-electron chi connectivity index (χ2n) is 8.52. The Kier molecular flexibility index (Phi) is 9.36. The largest absolute Gasteiger partial charge is 0.466 e. The monoisotopic (exact) mass is 523 g/mol. The van der Waals surface area contributed by atoms with Gasteiger partial charge in [-0.25, -0.2) is 9.78 Å². The third kappa shape index (κ3) is 6.84. The number of aromatic nitrogens is 3. The third-order valence-electron chi connectivity index (χ3n) is 5.91. The number of nitrogens with one attached hydrogen (secondary N) is 2. The van der Waals surface area contributed by atoms with Gasteiger partial charge in [0.15, 0.2) is 5.65 Å². The molecule has 2 heterocycles. The van der Waals surface area contributed by atoms with Crippen molar-refractivity contribution in [2.24, 2.45) is 0 Å². The number of benzene rings is 1. The zero-order chi connectivity index (χ0) is 27.8. The maximum atomic E-state index is 12.8. The number of nitrogens with zero attached hydrogens (tertiary/aromatic N) is 3. The molecule has 1 aromatic carbocycles. The zero-order valence-corrected chi connectivity index (χ0v) is 22.0. The first kappa shape index (κ1) is 28.1. The number of amides is 1. The van der Waals surface area contributed by atoms with E-state index >= 15 is 0 Å². The smallest absolute Gasteiger partial charge is 0.328 e. The van der Waals surface area contributed by atoms with E-state index in [9.17, 15) is 14.4 Å². The first-order chi connectivity index (χ1) is 18.1. The van der Waals surface area contributed by atoms with Crippen LogP contribution in [0, 0.1) is 13.8 Å². The average molecular weight is 524 g/mol. The van der Waals surface area contributed by atoms with Crippen LogP contribution in [0.2, 0.25) is 0 Å². The number of esters is 2. The van der Waals surface area contributed by atoms with Crippen LogP contribution in [0.1, 0.15) is 53.9 Å². The molecule has 2 aromatic heterocycles. The Morgan fingerprint density at radius 3 is 2.32 bits per heavy atom. The van der Waals surface area contributed by atoms with Crippen LogP contribution < -0.4 is 22.1 Å². The van der Waals surface area contributed by atoms with E-state index in [-0.39, 0.29) is 37.8 Å². The van der Waals surface area contributed by atoms with E-state index in [1.807, 2.05) is 13.8 Å². The summed E-state index contributed by atoms with van der Waals surface area (Å²) in [5, 5.41) is 6.63. The topological polar surface area (TPSA) is 184 Å². The van der Waals surface area contributed by atoms with Crippen LogP contribution in [0.4, 0.5) is 17.5 Å². The zero-order valence-electron chi connectivity index (χ0n) is 22.0. The van der Waals surface area contributed by atoms with Gasteiger partial charge in [-0.3, -0.25) is 9.59 Å². The molecule has 0 aliphatic carbocycles. The Balaban J connectivity index is 1.68. The molecule has 12 nitrogen and oxygen atoms in total. The van der Waals surface area contributed by atoms with Gasteiger partial charge in [0, 0.05) is 29.9 Å². The van der Waals surface area contributed by atoms with Crippen LogP contribution in [-0.2, 0) is 25.6 Å². The molecule has 12 heteroatoms. The van der Waals surface area contributed by atoms with Gasteiger partial charge in [-0.05, 0) is 69.5 Å². The number of hydrogen-bond donors (Lipinski definition) is 4. The molecule has 38 heavy (non-hydrogen) atoms. The summed E-state index contributed by atoms with van der Waals surface area (Å²) >= 11 is 0. The van der Waals surface area contributed by atoms with Crippen molar-refractivity contribution in [2.75, 3.05) is 30.0 Å². The number of nitrogen functional groups attached to an aromatic ring is 2. The Labute approximate surface area is 220 Å². The molecule has 1 amide bonds. The maximum Gasteiger partial charge on any atom is 0.328 e. The summed E-state index contributed by atoms with van der Waals surface area (Å²) in [6, 6.07) is 5.81. The summed E-state index contributed by atoms with van der Waals surface area (Å²) in [6.07, 6.45) is 0.0533. The number of nitrogens with two attached hydrogens (primary N) is 2. The van der Waals surface area contributed by atoms with Crippen LogP contribution in [0.25, 0.3) is 11.0 Å². The summed E-state index contributed by atoms with van der Waals surface area (Å²) in [5.74, 6) is -1.16. The van der Waals surface area contributed by atoms with Gasteiger partial charge >= 0.3 is 11.9 Å². The molecular formula is C26H33N7O5. The van der Waals surface area contributed by atoms with Crippen LogP contribution in [0.3, 0.4) is 0 Å². The maximum absolute atomic E-state index is 12.8. The first-order valence-corrected chi connectivity index (χ1v) is 12.3. The summed E-state index contributed by atoms with van der Waals surface area (Å²) in [7, 11) is 0. The molecule has 0 aliphatic heterocycles. The van der Waals surface area contributed by atoms with Gasteiger partial charge in [0.05, 0.1) is 18.6 Å². The van der Waals surface area contributed by atoms with Gasteiger partial charge in [0.25, 0.3) is 5.91 Å². The minimum Gasteiger partial charge on any atom is -0.466 e. The number of hydrogen-bond acceptors (Lipinski definition) is 11. The number of pyridine rings is 1. The number of carbonyl (C=O) groups is 3. The number of carbonyl (C=O) groups excluding carboxylic acids is 3. The van der Waals surface area contributed by atoms with E-state index in [4.69, 9.17) is 20.9 Å². The van der Waals surface area contributed by atoms with E-state index in [1.165, 1.54) is 0 Å². The fourth-order valence-corrected chi connectivity index (χ4v) is 3.99. The number of aryl methyl sites for hydroxylation is 2. The molecule has 1 atom stereocenters. The molecule has 0 saturated heterocycles. The second kappa shape index (κ2) is 12.7. The summed E-state index contributed by atoms with van der Waals surface area (Å²) in [5.41, 5.74) is 16.0. The highest BCUT2D eigenvalue weighted by Gasteiger charge is 2.24. The molecule has 0 spiro atoms. The van der Waals surface area contributed by atoms with Crippen molar-refractivity contribution in [3.63, 3.8) is 0 Å². The Bertz CT molecular complexity index is 1330. The standard InChI is InChI=1S/C26H33N7O5/c1-5-37-20(34)12-11-19(25(36)38-6-2)31-24(35)16-7-9-17(10-8-16)29-13-18-14(3)21-22(27)32-26(28)33-23(21)30-15(18)4/h7-10,19,29H,5-6,11-13H2,1-4H3,(H,31,35)(H4,27,28,30,32,33)/t19-/m0/s1. The van der Waals surface area contributed by atoms with Gasteiger partial charge < -0.3 is 31.6 Å². The lowest BCUT2D eigenvalue weighted by molar-refractivity contribution is -0.146. The fraction of sp³-hybridized carbons (Fsp3) is 0.385. The lowest BCUT2D eigenvalue weighted by Crippen LogP contribution is -2.42. The fourth-order valence-electron chi connectivity index (χ4n) is 3.99. The molecule has 0 radical (unpaired) electrons. The van der Waals surface area contributed by atoms with E-state index < -0.39 is 23.9 Å². The molecule has 0 fully saturated rings. The van der Waals surface area contributed by atoms with E-state index in [0.717, 1.165) is 22.5 Å². The lowest BCUT2D eigenvalue weighted by atomic mass is 10.0. The SMILES string of the molecule is CCOC(=O)CC[C@H](NC(=O)c1ccc(NCc2c(C)nc3nc(N)nc(N)c3c2C)cc1)C(=O)OCC. The van der Waals surface area contributed by atoms with Crippen LogP contribution in [-0.4, -0.2) is 52.1 Å². The summed E-state index contributed by atoms with van der Waals surface area (Å²) < 4.78 is 9.95. The second-order valence-corrected chi connectivity index (χ2v) is 8.52. The van der Waals surface area contributed by atoms with Crippen LogP contribution in [0.15, 0.2) is 24.3 Å². The Morgan fingerprint density at radius 1 is 0.974 bits per heavy atom. The predicted octanol–water partition coefficient (Wildman–Crippen LogP) is 2.42. The van der Waals surface area contributed by atoms with Crippen molar-refractivity contribution in [1.82, 2.24) is 20.3 Å². The highest BCUT2D eigenvalue weighted by molar-refractivity contribution is 5.97. The van der Waals surface area contributed by atoms with Crippen molar-refractivity contribution in [3.8, 4) is 0 Å². The molecule has 0 saturated carbocycles. The van der Waals surface area contributed by atoms with Crippen molar-refractivity contribution in [3.05, 3.63) is 46.6 Å². The Morgan fingerprint density at radius 2 is 1.66 bits per heavy atom. The van der Waals surface area contributed by atoms with Crippen molar-refractivity contribution < 1.29 is 23.9 Å². The highest BCUT2D eigenvalue weighted by Crippen LogP contribution is 2.26. The molecule has 3 aromatic rings. The minimum absolute atomic E-state index is 0.0198. The number of ether oxygens (including phenoxy) is 2. The predicted molar refractivity (Wildman–Crippen MR) is 143 cm³/mol. The van der Waals surface area contributed by atoms with E-state index in [0.29, 0.717) is 23.1 Å². The van der Waals surface area contributed by atoms with Gasteiger partial charge in [-0.2, -0.15) is 9.97 Å². The summed E-state index contributed by atoms with van der Waals surface area (Å²) in [4.78, 5) is 49.6. The van der Waals surface area contributed by atoms with E-state index in [2.05, 4.69) is 25.6 Å². The quantitative estimate of drug-likeness (QED) is 0.271. The minimum atomic E-state index is -0.970. The average Bonchev–Trinajstić information content (AvgIpc) is 2.86. The molecule has 202 valence electrons. The van der Waals surface area contributed by atoms with Gasteiger partial charge in [-0.1, -0.05) is 0 Å². The summed E-state index contributed by atoms with van der Waals surface area (Å²) in [6.45, 7) is 8.03. The molecule has 0 unspecified atom stereocenters.